The summed E-state index contributed by atoms with van der Waals surface area (Å²) in [4.78, 5) is 12.6. The lowest BCUT2D eigenvalue weighted by molar-refractivity contribution is -0.137. The predicted molar refractivity (Wildman–Crippen MR) is 120 cm³/mol. The molecule has 0 aliphatic carbocycles. The summed E-state index contributed by atoms with van der Waals surface area (Å²) in [5, 5.41) is 6.19. The molecule has 168 valence electrons. The molecule has 0 saturated heterocycles. The Kier molecular flexibility index (Phi) is 8.45. The van der Waals surface area contributed by atoms with Gasteiger partial charge in [0.15, 0.2) is 0 Å². The minimum Gasteiger partial charge on any atom is -0.352 e. The fourth-order valence-corrected chi connectivity index (χ4v) is 3.45. The highest BCUT2D eigenvalue weighted by atomic mass is 19.4. The van der Waals surface area contributed by atoms with Gasteiger partial charge in [0, 0.05) is 25.2 Å². The van der Waals surface area contributed by atoms with Crippen LogP contribution in [0.25, 0.3) is 0 Å². The normalized spacial score (nSPS) is 11.3. The maximum absolute atomic E-state index is 12.7. The van der Waals surface area contributed by atoms with E-state index in [0.29, 0.717) is 25.2 Å². The summed E-state index contributed by atoms with van der Waals surface area (Å²) in [5.41, 5.74) is 2.84. The van der Waals surface area contributed by atoms with Crippen LogP contribution in [0.5, 0.6) is 0 Å². The Morgan fingerprint density at radius 3 is 2.16 bits per heavy atom. The Morgan fingerprint density at radius 1 is 0.750 bits per heavy atom. The quantitative estimate of drug-likeness (QED) is 0.394. The Balaban J connectivity index is 1.44. The first-order valence-corrected chi connectivity index (χ1v) is 10.7. The van der Waals surface area contributed by atoms with Crippen LogP contribution in [0.15, 0.2) is 78.9 Å². The van der Waals surface area contributed by atoms with Gasteiger partial charge in [0.1, 0.15) is 0 Å². The maximum atomic E-state index is 12.7. The van der Waals surface area contributed by atoms with Crippen molar-refractivity contribution in [3.8, 4) is 0 Å². The number of rotatable bonds is 10. The second-order valence-electron chi connectivity index (χ2n) is 7.65. The van der Waals surface area contributed by atoms with Crippen molar-refractivity contribution >= 4 is 5.91 Å². The molecule has 3 rings (SSSR count). The van der Waals surface area contributed by atoms with Crippen molar-refractivity contribution in [3.05, 3.63) is 107 Å². The van der Waals surface area contributed by atoms with Crippen molar-refractivity contribution < 1.29 is 18.0 Å². The molecule has 0 unspecified atom stereocenters. The van der Waals surface area contributed by atoms with Gasteiger partial charge in [-0.2, -0.15) is 13.2 Å². The van der Waals surface area contributed by atoms with E-state index in [2.05, 4.69) is 22.8 Å². The van der Waals surface area contributed by atoms with Crippen molar-refractivity contribution in [1.29, 1.82) is 0 Å². The number of benzene rings is 3. The Labute approximate surface area is 186 Å². The third-order valence-electron chi connectivity index (χ3n) is 5.21. The summed E-state index contributed by atoms with van der Waals surface area (Å²) in [6.07, 6.45) is -1.45. The zero-order valence-electron chi connectivity index (χ0n) is 17.8. The van der Waals surface area contributed by atoms with Gasteiger partial charge in [-0.1, -0.05) is 60.7 Å². The molecule has 0 aliphatic rings. The fourth-order valence-electron chi connectivity index (χ4n) is 3.45. The highest BCUT2D eigenvalue weighted by Gasteiger charge is 2.29. The van der Waals surface area contributed by atoms with Gasteiger partial charge >= 0.3 is 6.18 Å². The van der Waals surface area contributed by atoms with Gasteiger partial charge in [0.05, 0.1) is 5.56 Å². The Hall–Kier alpha value is -3.12. The second kappa shape index (κ2) is 11.5. The number of aryl methyl sites for hydroxylation is 1. The number of halogens is 3. The average Bonchev–Trinajstić information content (AvgIpc) is 2.79. The molecule has 2 N–H and O–H groups in total. The van der Waals surface area contributed by atoms with Gasteiger partial charge in [-0.05, 0) is 54.2 Å². The largest absolute Gasteiger partial charge is 0.416 e. The second-order valence-corrected chi connectivity index (χ2v) is 7.65. The highest BCUT2D eigenvalue weighted by Crippen LogP contribution is 2.29. The number of carbonyl (C=O) groups excluding carboxylic acids is 1. The molecule has 1 amide bonds. The molecule has 3 aromatic carbocycles. The smallest absolute Gasteiger partial charge is 0.352 e. The average molecular weight is 441 g/mol. The summed E-state index contributed by atoms with van der Waals surface area (Å²) in [6, 6.07) is 22.7. The third-order valence-corrected chi connectivity index (χ3v) is 5.21. The predicted octanol–water partition coefficient (Wildman–Crippen LogP) is 5.75. The van der Waals surface area contributed by atoms with Crippen molar-refractivity contribution in [2.24, 2.45) is 0 Å². The van der Waals surface area contributed by atoms with Crippen LogP contribution >= 0.6 is 0 Å². The van der Waals surface area contributed by atoms with Crippen LogP contribution in [0, 0.1) is 0 Å². The summed E-state index contributed by atoms with van der Waals surface area (Å²) in [6.45, 7) is 1.46. The van der Waals surface area contributed by atoms with E-state index in [-0.39, 0.29) is 5.91 Å². The van der Waals surface area contributed by atoms with Crippen molar-refractivity contribution in [2.75, 3.05) is 6.54 Å². The van der Waals surface area contributed by atoms with Gasteiger partial charge in [0.2, 0.25) is 0 Å². The van der Waals surface area contributed by atoms with Gasteiger partial charge in [0.25, 0.3) is 5.91 Å². The van der Waals surface area contributed by atoms with Crippen molar-refractivity contribution in [1.82, 2.24) is 10.6 Å². The summed E-state index contributed by atoms with van der Waals surface area (Å²) < 4.78 is 38.0. The lowest BCUT2D eigenvalue weighted by Crippen LogP contribution is -2.26. The lowest BCUT2D eigenvalue weighted by atomic mass is 10.1. The van der Waals surface area contributed by atoms with E-state index in [1.165, 1.54) is 17.7 Å². The van der Waals surface area contributed by atoms with Crippen LogP contribution in [-0.4, -0.2) is 12.5 Å². The first kappa shape index (κ1) is 23.5. The number of hydrogen-bond acceptors (Lipinski definition) is 2. The van der Waals surface area contributed by atoms with Gasteiger partial charge in [-0.25, -0.2) is 0 Å². The Bertz CT molecular complexity index is 986. The zero-order chi connectivity index (χ0) is 22.8. The molecule has 0 aliphatic heterocycles. The molecule has 6 heteroatoms. The minimum absolute atomic E-state index is 0.114. The Morgan fingerprint density at radius 2 is 1.44 bits per heavy atom. The highest BCUT2D eigenvalue weighted by molar-refractivity contribution is 5.95. The van der Waals surface area contributed by atoms with E-state index >= 15 is 0 Å². The standard InChI is InChI=1S/C26H27F3N2O/c27-26(28,29)23-15-13-21(14-16-23)18-30-19-22-11-4-5-12-24(22)25(32)31-17-7-6-10-20-8-2-1-3-9-20/h1-5,8-9,11-16,30H,6-7,10,17-19H2,(H,31,32). The molecule has 0 heterocycles. The van der Waals surface area contributed by atoms with E-state index < -0.39 is 11.7 Å². The first-order valence-electron chi connectivity index (χ1n) is 10.7. The molecule has 3 aromatic rings. The van der Waals surface area contributed by atoms with Crippen LogP contribution in [0.4, 0.5) is 13.2 Å². The SMILES string of the molecule is O=C(NCCCCc1ccccc1)c1ccccc1CNCc1ccc(C(F)(F)F)cc1. The van der Waals surface area contributed by atoms with E-state index in [1.807, 2.05) is 36.4 Å². The van der Waals surface area contributed by atoms with Crippen LogP contribution in [0.3, 0.4) is 0 Å². The first-order chi connectivity index (χ1) is 15.4. The van der Waals surface area contributed by atoms with Crippen LogP contribution in [0.1, 0.15) is 45.5 Å². The fraction of sp³-hybridized carbons (Fsp3) is 0.269. The van der Waals surface area contributed by atoms with E-state index in [0.717, 1.165) is 42.5 Å². The molecular formula is C26H27F3N2O. The third kappa shape index (κ3) is 7.24. The monoisotopic (exact) mass is 440 g/mol. The minimum atomic E-state index is -4.33. The van der Waals surface area contributed by atoms with Gasteiger partial charge in [-0.15, -0.1) is 0 Å². The molecule has 0 spiro atoms. The number of carbonyl (C=O) groups is 1. The molecule has 0 bridgehead atoms. The number of hydrogen-bond donors (Lipinski definition) is 2. The molecule has 3 nitrogen and oxygen atoms in total. The summed E-state index contributed by atoms with van der Waals surface area (Å²) >= 11 is 0. The van der Waals surface area contributed by atoms with Crippen molar-refractivity contribution in [2.45, 2.75) is 38.5 Å². The van der Waals surface area contributed by atoms with E-state index in [9.17, 15) is 18.0 Å². The van der Waals surface area contributed by atoms with E-state index in [1.54, 1.807) is 6.07 Å². The van der Waals surface area contributed by atoms with Crippen molar-refractivity contribution in [3.63, 3.8) is 0 Å². The van der Waals surface area contributed by atoms with Gasteiger partial charge < -0.3 is 10.6 Å². The van der Waals surface area contributed by atoms with Crippen LogP contribution < -0.4 is 10.6 Å². The molecule has 0 fully saturated rings. The number of alkyl halides is 3. The summed E-state index contributed by atoms with van der Waals surface area (Å²) in [7, 11) is 0. The zero-order valence-corrected chi connectivity index (χ0v) is 17.8. The summed E-state index contributed by atoms with van der Waals surface area (Å²) in [5.74, 6) is -0.114. The molecule has 32 heavy (non-hydrogen) atoms. The van der Waals surface area contributed by atoms with Gasteiger partial charge in [-0.3, -0.25) is 4.79 Å². The van der Waals surface area contributed by atoms with Crippen LogP contribution in [0.2, 0.25) is 0 Å². The molecule has 0 atom stereocenters. The van der Waals surface area contributed by atoms with Crippen LogP contribution in [-0.2, 0) is 25.7 Å². The molecule has 0 aromatic heterocycles. The van der Waals surface area contributed by atoms with E-state index in [4.69, 9.17) is 0 Å². The molecule has 0 saturated carbocycles. The topological polar surface area (TPSA) is 41.1 Å². The number of unbranched alkanes of at least 4 members (excludes halogenated alkanes) is 1. The molecular weight excluding hydrogens is 413 g/mol. The number of amides is 1. The number of nitrogens with one attached hydrogen (secondary N) is 2. The molecule has 0 radical (unpaired) electrons. The maximum Gasteiger partial charge on any atom is 0.416 e. The lowest BCUT2D eigenvalue weighted by Gasteiger charge is -2.12.